The molecule has 0 aromatic carbocycles. The molecular weight excluding hydrogens is 967 g/mol. The van der Waals surface area contributed by atoms with Crippen LogP contribution in [0.5, 0.6) is 0 Å². The van der Waals surface area contributed by atoms with Gasteiger partial charge in [0.2, 0.25) is 5.91 Å². The van der Waals surface area contributed by atoms with Crippen molar-refractivity contribution >= 4 is 11.9 Å². The van der Waals surface area contributed by atoms with Gasteiger partial charge in [0.25, 0.3) is 0 Å². The molecule has 0 aromatic rings. The van der Waals surface area contributed by atoms with E-state index in [1.807, 2.05) is 42.5 Å². The number of nitrogens with one attached hydrogen (secondary N) is 1. The molecule has 11 heteroatoms. The number of hydrogen-bond acceptors (Lipinski definition) is 10. The Morgan fingerprint density at radius 3 is 1.56 bits per heavy atom. The minimum absolute atomic E-state index is 0.0893. The molecule has 1 amide bonds. The van der Waals surface area contributed by atoms with Crippen LogP contribution in [0.4, 0.5) is 0 Å². The first-order valence-electron chi connectivity index (χ1n) is 30.4. The number of esters is 1. The number of ether oxygens (including phenoxy) is 3. The third kappa shape index (κ3) is 40.8. The molecule has 0 bridgehead atoms. The van der Waals surface area contributed by atoms with Crippen molar-refractivity contribution in [1.29, 1.82) is 0 Å². The quantitative estimate of drug-likeness (QED) is 0.0149. The molecule has 8 atom stereocenters. The largest absolute Gasteiger partial charge is 0.454 e. The Balaban J connectivity index is 2.69. The first kappa shape index (κ1) is 71.1. The number of carbonyl (C=O) groups is 2. The standard InChI is InChI=1S/C66H109NO10/c1-4-7-10-13-16-19-22-24-26-27-28-29-30-31-32-34-35-38-41-44-47-50-53-59(70)65(74)67-57(58(69)52-49-46-43-40-37-21-18-15-12-9-6-3)56-75-66-64(63(73)62(72)60(55-68)76-66)77-61(71)54-51-48-45-42-39-36-33-25-23-20-17-14-11-8-5-2/h7-8,10-11,14,16-17,19-20,23-26,28-29,31-33,49,52,57-60,62-64,66,68-70,72-73H,4-6,9,12-13,15,18,21-22,27,30,34-48,50-51,53-56H2,1-3H3,(H,67,74)/b10-7-,11-8+,17-14+,19-16-,23-20+,26-24-,29-28-,32-31-,33-25-,52-49+. The van der Waals surface area contributed by atoms with Crippen LogP contribution >= 0.6 is 0 Å². The predicted molar refractivity (Wildman–Crippen MR) is 319 cm³/mol. The highest BCUT2D eigenvalue weighted by atomic mass is 16.7. The fourth-order valence-corrected chi connectivity index (χ4v) is 8.69. The Kier molecular flexibility index (Phi) is 48.7. The predicted octanol–water partition coefficient (Wildman–Crippen LogP) is 14.3. The van der Waals surface area contributed by atoms with Crippen molar-refractivity contribution in [2.75, 3.05) is 13.2 Å². The molecule has 0 radical (unpaired) electrons. The summed E-state index contributed by atoms with van der Waals surface area (Å²) in [7, 11) is 0. The minimum atomic E-state index is -1.63. The molecular formula is C66H109NO10. The summed E-state index contributed by atoms with van der Waals surface area (Å²) in [6.45, 7) is 5.49. The number of hydrogen-bond donors (Lipinski definition) is 6. The van der Waals surface area contributed by atoms with Gasteiger partial charge in [-0.15, -0.1) is 0 Å². The molecule has 1 heterocycles. The summed E-state index contributed by atoms with van der Waals surface area (Å²) in [6.07, 6.45) is 62.3. The summed E-state index contributed by atoms with van der Waals surface area (Å²) in [5.41, 5.74) is 0. The lowest BCUT2D eigenvalue weighted by Gasteiger charge is -2.41. The Bertz CT molecular complexity index is 1710. The van der Waals surface area contributed by atoms with E-state index in [1.165, 1.54) is 38.5 Å². The second-order valence-corrected chi connectivity index (χ2v) is 20.4. The third-order valence-corrected chi connectivity index (χ3v) is 13.5. The topological polar surface area (TPSA) is 175 Å². The number of carbonyl (C=O) groups excluding carboxylic acids is 2. The molecule has 77 heavy (non-hydrogen) atoms. The maximum absolute atomic E-state index is 13.4. The van der Waals surface area contributed by atoms with E-state index in [2.05, 4.69) is 99.0 Å². The van der Waals surface area contributed by atoms with Gasteiger partial charge < -0.3 is 45.1 Å². The first-order chi connectivity index (χ1) is 37.7. The smallest absolute Gasteiger partial charge is 0.306 e. The van der Waals surface area contributed by atoms with Gasteiger partial charge in [-0.05, 0) is 89.9 Å². The fraction of sp³-hybridized carbons (Fsp3) is 0.667. The number of unbranched alkanes of at least 4 members (excludes halogenated alkanes) is 20. The lowest BCUT2D eigenvalue weighted by atomic mass is 9.99. The van der Waals surface area contributed by atoms with E-state index in [0.29, 0.717) is 12.8 Å². The van der Waals surface area contributed by atoms with Crippen LogP contribution in [0.15, 0.2) is 122 Å². The van der Waals surface area contributed by atoms with Crippen LogP contribution in [0, 0.1) is 0 Å². The number of rotatable bonds is 49. The van der Waals surface area contributed by atoms with Gasteiger partial charge in [0.05, 0.1) is 25.4 Å². The highest BCUT2D eigenvalue weighted by Gasteiger charge is 2.47. The van der Waals surface area contributed by atoms with Crippen molar-refractivity contribution < 1.29 is 49.3 Å². The Morgan fingerprint density at radius 1 is 0.532 bits per heavy atom. The van der Waals surface area contributed by atoms with Gasteiger partial charge in [0.1, 0.15) is 24.4 Å². The van der Waals surface area contributed by atoms with Crippen LogP contribution in [0.25, 0.3) is 0 Å². The van der Waals surface area contributed by atoms with Crippen molar-refractivity contribution in [2.24, 2.45) is 0 Å². The lowest BCUT2D eigenvalue weighted by Crippen LogP contribution is -2.61. The van der Waals surface area contributed by atoms with E-state index < -0.39 is 67.4 Å². The van der Waals surface area contributed by atoms with E-state index in [9.17, 15) is 35.1 Å². The number of amides is 1. The zero-order chi connectivity index (χ0) is 56.1. The van der Waals surface area contributed by atoms with Gasteiger partial charge in [0, 0.05) is 6.42 Å². The molecule has 1 aliphatic heterocycles. The third-order valence-electron chi connectivity index (χ3n) is 13.5. The second-order valence-electron chi connectivity index (χ2n) is 20.4. The van der Waals surface area contributed by atoms with Crippen molar-refractivity contribution in [2.45, 2.75) is 269 Å². The molecule has 1 rings (SSSR count). The molecule has 0 aromatic heterocycles. The monoisotopic (exact) mass is 1080 g/mol. The van der Waals surface area contributed by atoms with Gasteiger partial charge in [-0.2, -0.15) is 0 Å². The van der Waals surface area contributed by atoms with Gasteiger partial charge in [0.15, 0.2) is 12.4 Å². The van der Waals surface area contributed by atoms with Crippen LogP contribution in [0.3, 0.4) is 0 Å². The maximum atomic E-state index is 13.4. The van der Waals surface area contributed by atoms with E-state index in [0.717, 1.165) is 135 Å². The summed E-state index contributed by atoms with van der Waals surface area (Å²) >= 11 is 0. The molecule has 0 aliphatic carbocycles. The zero-order valence-corrected chi connectivity index (χ0v) is 48.3. The Hall–Kier alpha value is -3.94. The van der Waals surface area contributed by atoms with E-state index >= 15 is 0 Å². The van der Waals surface area contributed by atoms with Crippen LogP contribution in [-0.2, 0) is 23.8 Å². The van der Waals surface area contributed by atoms with Crippen molar-refractivity contribution in [3.05, 3.63) is 122 Å². The number of allylic oxidation sites excluding steroid dienone is 19. The van der Waals surface area contributed by atoms with E-state index in [-0.39, 0.29) is 19.4 Å². The minimum Gasteiger partial charge on any atom is -0.454 e. The highest BCUT2D eigenvalue weighted by Crippen LogP contribution is 2.26. The molecule has 6 N–H and O–H groups in total. The molecule has 1 saturated heterocycles. The van der Waals surface area contributed by atoms with Crippen molar-refractivity contribution in [3.63, 3.8) is 0 Å². The zero-order valence-electron chi connectivity index (χ0n) is 48.3. The molecule has 0 saturated carbocycles. The summed E-state index contributed by atoms with van der Waals surface area (Å²) in [4.78, 5) is 26.5. The van der Waals surface area contributed by atoms with Gasteiger partial charge in [-0.3, -0.25) is 9.59 Å². The first-order valence-corrected chi connectivity index (χ1v) is 30.4. The van der Waals surface area contributed by atoms with Gasteiger partial charge in [-0.1, -0.05) is 245 Å². The normalized spacial score (nSPS) is 19.9. The van der Waals surface area contributed by atoms with E-state index in [1.54, 1.807) is 6.08 Å². The maximum Gasteiger partial charge on any atom is 0.306 e. The molecule has 0 spiro atoms. The highest BCUT2D eigenvalue weighted by molar-refractivity contribution is 5.80. The molecule has 8 unspecified atom stereocenters. The molecule has 438 valence electrons. The van der Waals surface area contributed by atoms with Crippen LogP contribution < -0.4 is 5.32 Å². The van der Waals surface area contributed by atoms with E-state index in [4.69, 9.17) is 14.2 Å². The Labute approximate surface area is 468 Å². The van der Waals surface area contributed by atoms with Gasteiger partial charge in [-0.25, -0.2) is 0 Å². The summed E-state index contributed by atoms with van der Waals surface area (Å²) in [5.74, 6) is -1.24. The summed E-state index contributed by atoms with van der Waals surface area (Å²) < 4.78 is 17.6. The van der Waals surface area contributed by atoms with Crippen LogP contribution in [0.2, 0.25) is 0 Å². The Morgan fingerprint density at radius 2 is 1.00 bits per heavy atom. The SMILES string of the molecule is CC/C=C\C/C=C\C/C=C\C/C=C\C/C=C\CCCCCCCCC(O)C(=O)NC(COC1OC(CO)C(O)C(O)C1OC(=O)CCCCCCC\C=C/C=C/C=C/C=C/CC)C(O)/C=C/CCCCCCCCCCC. The average Bonchev–Trinajstić information content (AvgIpc) is 3.43. The van der Waals surface area contributed by atoms with Crippen molar-refractivity contribution in [3.8, 4) is 0 Å². The molecule has 1 fully saturated rings. The summed E-state index contributed by atoms with van der Waals surface area (Å²) in [5, 5.41) is 56.9. The van der Waals surface area contributed by atoms with Crippen molar-refractivity contribution in [1.82, 2.24) is 5.32 Å². The van der Waals surface area contributed by atoms with Crippen LogP contribution in [0.1, 0.15) is 220 Å². The second kappa shape index (κ2) is 52.7. The molecule has 11 nitrogen and oxygen atoms in total. The fourth-order valence-electron chi connectivity index (χ4n) is 8.69. The number of aliphatic hydroxyl groups excluding tert-OH is 5. The average molecular weight is 1080 g/mol. The lowest BCUT2D eigenvalue weighted by molar-refractivity contribution is -0.305. The van der Waals surface area contributed by atoms with Gasteiger partial charge >= 0.3 is 5.97 Å². The van der Waals surface area contributed by atoms with Crippen LogP contribution in [-0.4, -0.2) is 99.6 Å². The summed E-state index contributed by atoms with van der Waals surface area (Å²) in [6, 6.07) is -1.04. The molecule has 1 aliphatic rings. The number of aliphatic hydroxyl groups is 5.